The highest BCUT2D eigenvalue weighted by Gasteiger charge is 2.50. The Morgan fingerprint density at radius 2 is 1.61 bits per heavy atom. The Morgan fingerprint density at radius 3 is 2.23 bits per heavy atom. The molecule has 3 fully saturated rings. The molecule has 1 aliphatic carbocycles. The maximum Gasteiger partial charge on any atom is 0.325 e. The fourth-order valence-electron chi connectivity index (χ4n) is 7.82. The largest absolute Gasteiger partial charge is 0.346 e. The van der Waals surface area contributed by atoms with Crippen molar-refractivity contribution in [1.82, 2.24) is 30.1 Å². The summed E-state index contributed by atoms with van der Waals surface area (Å²) >= 11 is 1.74. The quantitative estimate of drug-likeness (QED) is 0.238. The fourth-order valence-corrected chi connectivity index (χ4v) is 9.02. The molecule has 10 heteroatoms. The first-order chi connectivity index (χ1) is 21.0. The smallest absolute Gasteiger partial charge is 0.325 e. The van der Waals surface area contributed by atoms with E-state index in [-0.39, 0.29) is 11.5 Å². The van der Waals surface area contributed by atoms with Crippen LogP contribution in [-0.4, -0.2) is 69.3 Å². The van der Waals surface area contributed by atoms with Gasteiger partial charge < -0.3 is 15.3 Å². The van der Waals surface area contributed by atoms with Gasteiger partial charge in [-0.1, -0.05) is 17.2 Å². The first-order valence-corrected chi connectivity index (χ1v) is 16.7. The number of carbonyl (C=O) groups excluding carboxylic acids is 1. The number of Topliss-reactive ketones (excluding diaryl/α,β-unsaturated/α-hetero) is 1. The van der Waals surface area contributed by atoms with Gasteiger partial charge in [0.2, 0.25) is 0 Å². The Hall–Kier alpha value is -3.31. The molecule has 2 saturated heterocycles. The predicted molar refractivity (Wildman–Crippen MR) is 175 cm³/mol. The zero-order valence-corrected chi connectivity index (χ0v) is 26.8. The van der Waals surface area contributed by atoms with E-state index in [0.29, 0.717) is 30.0 Å². The minimum Gasteiger partial charge on any atom is -0.346 e. The number of aromatic nitrogens is 3. The molecule has 9 nitrogen and oxygen atoms in total. The molecule has 0 amide bonds. The highest BCUT2D eigenvalue weighted by molar-refractivity contribution is 7.19. The molecule has 3 atom stereocenters. The second kappa shape index (κ2) is 11.2. The molecule has 2 aliphatic heterocycles. The van der Waals surface area contributed by atoms with Crippen LogP contribution in [0.1, 0.15) is 54.0 Å². The standard InChI is InChI=1S/C34H42N6O3S/c1-19-11-20(2)13-22(12-19)30-25(18-40-9-7-39(8-10-40)17-23-14-28(41)37-33(43)36-23)24-15-27(44-32(24)38-30)34(3,4)31(42)29-21-5-6-26(29)35-16-21/h11-15,21,26,29,35,38H,5-10,16-18H2,1-4H3,(H2,36,37,41,43). The van der Waals surface area contributed by atoms with E-state index >= 15 is 0 Å². The number of ketones is 1. The molecular formula is C34H42N6O3S. The highest BCUT2D eigenvalue weighted by Crippen LogP contribution is 2.45. The Bertz CT molecular complexity index is 1770. The number of aryl methyl sites for hydroxylation is 2. The maximum absolute atomic E-state index is 14.0. The number of hydrogen-bond acceptors (Lipinski definition) is 7. The van der Waals surface area contributed by atoms with E-state index in [1.807, 2.05) is 0 Å². The van der Waals surface area contributed by atoms with Crippen LogP contribution in [0.4, 0.5) is 0 Å². The van der Waals surface area contributed by atoms with E-state index in [2.05, 4.69) is 82.0 Å². The molecule has 4 N–H and O–H groups in total. The van der Waals surface area contributed by atoms with E-state index in [4.69, 9.17) is 0 Å². The second-order valence-electron chi connectivity index (χ2n) is 13.7. The maximum atomic E-state index is 14.0. The monoisotopic (exact) mass is 614 g/mol. The van der Waals surface area contributed by atoms with Gasteiger partial charge in [0.25, 0.3) is 5.56 Å². The molecule has 3 aliphatic rings. The Morgan fingerprint density at radius 1 is 0.909 bits per heavy atom. The zero-order valence-electron chi connectivity index (χ0n) is 26.0. The minimum atomic E-state index is -0.537. The van der Waals surface area contributed by atoms with Crippen LogP contribution in [0.3, 0.4) is 0 Å². The molecule has 0 radical (unpaired) electrons. The summed E-state index contributed by atoms with van der Waals surface area (Å²) in [6.45, 7) is 14.3. The van der Waals surface area contributed by atoms with Gasteiger partial charge in [-0.25, -0.2) is 4.79 Å². The number of benzene rings is 1. The van der Waals surface area contributed by atoms with E-state index < -0.39 is 11.1 Å². The number of aromatic amines is 3. The normalized spacial score (nSPS) is 22.8. The summed E-state index contributed by atoms with van der Waals surface area (Å²) < 4.78 is 0. The number of carbonyl (C=O) groups is 1. The van der Waals surface area contributed by atoms with Gasteiger partial charge in [-0.2, -0.15) is 0 Å². The van der Waals surface area contributed by atoms with E-state index in [1.54, 1.807) is 11.3 Å². The number of nitrogens with one attached hydrogen (secondary N) is 4. The van der Waals surface area contributed by atoms with Crippen LogP contribution in [0.5, 0.6) is 0 Å². The summed E-state index contributed by atoms with van der Waals surface area (Å²) in [5.74, 6) is 0.983. The third-order valence-electron chi connectivity index (χ3n) is 10.1. The lowest BCUT2D eigenvalue weighted by Gasteiger charge is -2.34. The van der Waals surface area contributed by atoms with E-state index in [0.717, 1.165) is 67.5 Å². The van der Waals surface area contributed by atoms with Gasteiger partial charge in [-0.05, 0) is 76.8 Å². The molecule has 3 aromatic heterocycles. The molecule has 4 aromatic rings. The lowest BCUT2D eigenvalue weighted by molar-refractivity contribution is -0.128. The van der Waals surface area contributed by atoms with Gasteiger partial charge in [0, 0.05) is 78.8 Å². The first-order valence-electron chi connectivity index (χ1n) is 15.8. The zero-order chi connectivity index (χ0) is 30.7. The van der Waals surface area contributed by atoms with Crippen molar-refractivity contribution in [3.05, 3.63) is 78.4 Å². The van der Waals surface area contributed by atoms with Gasteiger partial charge in [0.1, 0.15) is 10.6 Å². The second-order valence-corrected chi connectivity index (χ2v) is 14.8. The van der Waals surface area contributed by atoms with Gasteiger partial charge >= 0.3 is 5.69 Å². The van der Waals surface area contributed by atoms with Crippen molar-refractivity contribution >= 4 is 27.3 Å². The Kier molecular flexibility index (Phi) is 7.51. The van der Waals surface area contributed by atoms with Crippen LogP contribution >= 0.6 is 11.3 Å². The predicted octanol–water partition coefficient (Wildman–Crippen LogP) is 4.05. The van der Waals surface area contributed by atoms with Crippen LogP contribution in [0.2, 0.25) is 0 Å². The number of rotatable bonds is 8. The van der Waals surface area contributed by atoms with Crippen molar-refractivity contribution in [2.24, 2.45) is 11.8 Å². The van der Waals surface area contributed by atoms with Crippen molar-refractivity contribution in [3.63, 3.8) is 0 Å². The van der Waals surface area contributed by atoms with Gasteiger partial charge in [0.15, 0.2) is 0 Å². The van der Waals surface area contributed by atoms with Crippen molar-refractivity contribution in [1.29, 1.82) is 0 Å². The van der Waals surface area contributed by atoms with Gasteiger partial charge in [0.05, 0.1) is 11.1 Å². The van der Waals surface area contributed by atoms with Gasteiger partial charge in [-0.15, -0.1) is 11.3 Å². The number of thiophene rings is 1. The SMILES string of the molecule is Cc1cc(C)cc(-c2[nH]c3sc(C(C)(C)C(=O)C4C5CCC4NC5)cc3c2CN2CCN(Cc3cc(=O)[nH]c(=O)[nH]3)CC2)c1. The van der Waals surface area contributed by atoms with Crippen molar-refractivity contribution in [2.75, 3.05) is 32.7 Å². The molecule has 1 saturated carbocycles. The minimum absolute atomic E-state index is 0.124. The number of hydrogen-bond donors (Lipinski definition) is 4. The summed E-state index contributed by atoms with van der Waals surface area (Å²) in [6.07, 6.45) is 2.27. The molecule has 3 unspecified atom stereocenters. The van der Waals surface area contributed by atoms with Crippen LogP contribution in [0.15, 0.2) is 39.9 Å². The summed E-state index contributed by atoms with van der Waals surface area (Å²) in [4.78, 5) is 53.3. The van der Waals surface area contributed by atoms with Crippen LogP contribution < -0.4 is 16.6 Å². The topological polar surface area (TPSA) is 117 Å². The summed E-state index contributed by atoms with van der Waals surface area (Å²) in [5, 5.41) is 4.80. The number of nitrogens with zero attached hydrogens (tertiary/aromatic N) is 2. The first kappa shape index (κ1) is 29.4. The molecular weight excluding hydrogens is 572 g/mol. The summed E-state index contributed by atoms with van der Waals surface area (Å²) in [5.41, 5.74) is 5.39. The van der Waals surface area contributed by atoms with E-state index in [1.165, 1.54) is 33.7 Å². The third kappa shape index (κ3) is 5.42. The number of H-pyrrole nitrogens is 3. The van der Waals surface area contributed by atoms with Crippen molar-refractivity contribution in [2.45, 2.75) is 65.1 Å². The molecule has 7 rings (SSSR count). The molecule has 5 heterocycles. The third-order valence-corrected chi connectivity index (χ3v) is 11.5. The summed E-state index contributed by atoms with van der Waals surface area (Å²) in [6, 6.07) is 10.8. The van der Waals surface area contributed by atoms with Crippen LogP contribution in [-0.2, 0) is 23.3 Å². The van der Waals surface area contributed by atoms with Crippen molar-refractivity contribution in [3.8, 4) is 11.3 Å². The molecule has 1 aromatic carbocycles. The highest BCUT2D eigenvalue weighted by atomic mass is 32.1. The average Bonchev–Trinajstić information content (AvgIpc) is 3.74. The Labute approximate surface area is 261 Å². The van der Waals surface area contributed by atoms with Crippen LogP contribution in [0, 0.1) is 25.7 Å². The molecule has 232 valence electrons. The van der Waals surface area contributed by atoms with Gasteiger partial charge in [-0.3, -0.25) is 24.4 Å². The number of piperazine rings is 1. The van der Waals surface area contributed by atoms with Crippen molar-refractivity contribution < 1.29 is 4.79 Å². The lowest BCUT2D eigenvalue weighted by Crippen LogP contribution is -2.45. The average molecular weight is 615 g/mol. The molecule has 2 bridgehead atoms. The Balaban J connectivity index is 1.16. The summed E-state index contributed by atoms with van der Waals surface area (Å²) in [7, 11) is 0. The van der Waals surface area contributed by atoms with Crippen LogP contribution in [0.25, 0.3) is 21.5 Å². The molecule has 44 heavy (non-hydrogen) atoms. The number of fused-ring (bicyclic) bond motifs is 3. The molecule has 0 spiro atoms. The van der Waals surface area contributed by atoms with E-state index in [9.17, 15) is 14.4 Å². The fraction of sp³-hybridized carbons (Fsp3) is 0.500. The lowest BCUT2D eigenvalue weighted by atomic mass is 9.76. The number of piperidine rings is 1.